The van der Waals surface area contributed by atoms with Crippen molar-refractivity contribution in [2.45, 2.75) is 38.8 Å². The molecule has 3 heterocycles. The quantitative estimate of drug-likeness (QED) is 0.484. The number of hydrogen-bond donors (Lipinski definition) is 0. The zero-order valence-corrected chi connectivity index (χ0v) is 17.3. The van der Waals surface area contributed by atoms with E-state index < -0.39 is 0 Å². The molecule has 0 amide bonds. The molecule has 0 fully saturated rings. The van der Waals surface area contributed by atoms with Gasteiger partial charge in [-0.05, 0) is 55.0 Å². The molecular weight excluding hydrogens is 408 g/mol. The van der Waals surface area contributed by atoms with Gasteiger partial charge in [0.2, 0.25) is 0 Å². The Morgan fingerprint density at radius 2 is 1.83 bits per heavy atom. The van der Waals surface area contributed by atoms with Crippen molar-refractivity contribution in [2.75, 3.05) is 0 Å². The number of halogens is 1. The third-order valence-corrected chi connectivity index (χ3v) is 7.18. The van der Waals surface area contributed by atoms with Crippen LogP contribution < -0.4 is 11.2 Å². The Balaban J connectivity index is 1.78. The van der Waals surface area contributed by atoms with Crippen LogP contribution in [0, 0.1) is 0 Å². The zero-order chi connectivity index (χ0) is 20.0. The minimum absolute atomic E-state index is 0.119. The molecule has 3 aromatic heterocycles. The van der Waals surface area contributed by atoms with Gasteiger partial charge in [-0.3, -0.25) is 13.9 Å². The van der Waals surface area contributed by atoms with Gasteiger partial charge in [-0.1, -0.05) is 29.8 Å². The molecule has 1 aliphatic rings. The summed E-state index contributed by atoms with van der Waals surface area (Å²) in [6.45, 7) is 0.445. The molecule has 0 radical (unpaired) electrons. The molecular formula is C22H19ClN2O3S. The van der Waals surface area contributed by atoms with Gasteiger partial charge in [-0.25, -0.2) is 4.79 Å². The molecule has 0 bridgehead atoms. The van der Waals surface area contributed by atoms with Crippen LogP contribution >= 0.6 is 22.9 Å². The molecule has 0 N–H and O–H groups in total. The van der Waals surface area contributed by atoms with Crippen molar-refractivity contribution in [3.8, 4) is 0 Å². The summed E-state index contributed by atoms with van der Waals surface area (Å²) in [4.78, 5) is 28.8. The van der Waals surface area contributed by atoms with E-state index in [1.807, 2.05) is 24.3 Å². The van der Waals surface area contributed by atoms with E-state index in [0.717, 1.165) is 41.6 Å². The lowest BCUT2D eigenvalue weighted by Gasteiger charge is -2.13. The number of fused-ring (bicyclic) bond motifs is 3. The summed E-state index contributed by atoms with van der Waals surface area (Å²) < 4.78 is 8.39. The van der Waals surface area contributed by atoms with Crippen LogP contribution in [-0.2, 0) is 25.9 Å². The fourth-order valence-electron chi connectivity index (χ4n) is 4.05. The van der Waals surface area contributed by atoms with E-state index >= 15 is 0 Å². The number of nitrogens with zero attached hydrogens (tertiary/aromatic N) is 2. The standard InChI is InChI=1S/C22H19ClN2O3S/c23-17-9-3-1-6-14(17)12-25-21-19(16-8-2-4-10-18(16)29-21)20(26)24(22(25)27)13-15-7-5-11-28-15/h1,3,5-7,9,11H,2,4,8,10,12-13H2. The largest absolute Gasteiger partial charge is 0.467 e. The van der Waals surface area contributed by atoms with E-state index in [2.05, 4.69) is 0 Å². The van der Waals surface area contributed by atoms with Gasteiger partial charge in [-0.2, -0.15) is 0 Å². The van der Waals surface area contributed by atoms with Crippen LogP contribution in [-0.4, -0.2) is 9.13 Å². The summed E-state index contributed by atoms with van der Waals surface area (Å²) in [5.41, 5.74) is 1.41. The van der Waals surface area contributed by atoms with Gasteiger partial charge in [0.15, 0.2) is 0 Å². The number of aryl methyl sites for hydroxylation is 2. The average molecular weight is 427 g/mol. The third-order valence-electron chi connectivity index (χ3n) is 5.50. The van der Waals surface area contributed by atoms with Gasteiger partial charge in [0.05, 0.1) is 24.7 Å². The lowest BCUT2D eigenvalue weighted by molar-refractivity contribution is 0.479. The van der Waals surface area contributed by atoms with E-state index in [0.29, 0.717) is 22.7 Å². The molecule has 148 valence electrons. The van der Waals surface area contributed by atoms with E-state index in [1.165, 1.54) is 9.44 Å². The van der Waals surface area contributed by atoms with Gasteiger partial charge < -0.3 is 4.42 Å². The number of thiophene rings is 1. The molecule has 1 aliphatic carbocycles. The number of benzene rings is 1. The van der Waals surface area contributed by atoms with Crippen molar-refractivity contribution in [3.05, 3.63) is 90.3 Å². The lowest BCUT2D eigenvalue weighted by atomic mass is 9.97. The second-order valence-corrected chi connectivity index (χ2v) is 8.81. The highest BCUT2D eigenvalue weighted by Crippen LogP contribution is 2.34. The Kier molecular flexibility index (Phi) is 4.68. The minimum atomic E-state index is -0.336. The summed E-state index contributed by atoms with van der Waals surface area (Å²) in [5.74, 6) is 0.581. The SMILES string of the molecule is O=c1c2c3c(sc2n(Cc2ccccc2Cl)c(=O)n1Cc1ccco1)CCCC3. The molecule has 7 heteroatoms. The fraction of sp³-hybridized carbons (Fsp3) is 0.273. The van der Waals surface area contributed by atoms with Crippen LogP contribution in [0.3, 0.4) is 0 Å². The van der Waals surface area contributed by atoms with Crippen LogP contribution in [0.15, 0.2) is 56.7 Å². The average Bonchev–Trinajstić information content (AvgIpc) is 3.37. The number of aromatic nitrogens is 2. The van der Waals surface area contributed by atoms with Gasteiger partial charge in [0, 0.05) is 9.90 Å². The summed E-state index contributed by atoms with van der Waals surface area (Å²) in [7, 11) is 0. The van der Waals surface area contributed by atoms with E-state index in [-0.39, 0.29) is 17.8 Å². The van der Waals surface area contributed by atoms with Crippen molar-refractivity contribution in [1.29, 1.82) is 0 Å². The first-order valence-corrected chi connectivity index (χ1v) is 10.9. The molecule has 5 nitrogen and oxygen atoms in total. The molecule has 5 rings (SSSR count). The molecule has 0 saturated carbocycles. The molecule has 0 saturated heterocycles. The van der Waals surface area contributed by atoms with Gasteiger partial charge in [0.1, 0.15) is 10.6 Å². The maximum Gasteiger partial charge on any atom is 0.332 e. The third kappa shape index (κ3) is 3.16. The first-order valence-electron chi connectivity index (χ1n) is 9.67. The molecule has 4 aromatic rings. The van der Waals surface area contributed by atoms with Crippen LogP contribution in [0.25, 0.3) is 10.2 Å². The Bertz CT molecular complexity index is 1310. The van der Waals surface area contributed by atoms with Crippen molar-refractivity contribution in [2.24, 2.45) is 0 Å². The maximum absolute atomic E-state index is 13.4. The van der Waals surface area contributed by atoms with Gasteiger partial charge >= 0.3 is 5.69 Å². The second kappa shape index (κ2) is 7.35. The summed E-state index contributed by atoms with van der Waals surface area (Å²) in [5, 5.41) is 1.29. The molecule has 1 aromatic carbocycles. The van der Waals surface area contributed by atoms with Gasteiger partial charge in [0.25, 0.3) is 5.56 Å². The molecule has 0 atom stereocenters. The van der Waals surface area contributed by atoms with Crippen molar-refractivity contribution >= 4 is 33.2 Å². The highest BCUT2D eigenvalue weighted by atomic mass is 35.5. The summed E-state index contributed by atoms with van der Waals surface area (Å²) in [6.07, 6.45) is 5.59. The molecule has 0 spiro atoms. The number of rotatable bonds is 4. The first kappa shape index (κ1) is 18.5. The first-order chi connectivity index (χ1) is 14.1. The topological polar surface area (TPSA) is 57.1 Å². The maximum atomic E-state index is 13.4. The lowest BCUT2D eigenvalue weighted by Crippen LogP contribution is -2.40. The minimum Gasteiger partial charge on any atom is -0.467 e. The van der Waals surface area contributed by atoms with Crippen molar-refractivity contribution in [1.82, 2.24) is 9.13 Å². The Morgan fingerprint density at radius 3 is 2.62 bits per heavy atom. The van der Waals surface area contributed by atoms with Crippen molar-refractivity contribution in [3.63, 3.8) is 0 Å². The van der Waals surface area contributed by atoms with E-state index in [4.69, 9.17) is 16.0 Å². The Labute approximate surface area is 175 Å². The van der Waals surface area contributed by atoms with Crippen LogP contribution in [0.2, 0.25) is 5.02 Å². The summed E-state index contributed by atoms with van der Waals surface area (Å²) in [6, 6.07) is 11.0. The summed E-state index contributed by atoms with van der Waals surface area (Å²) >= 11 is 7.95. The Hall–Kier alpha value is -2.57. The van der Waals surface area contributed by atoms with Crippen LogP contribution in [0.1, 0.15) is 34.6 Å². The number of furan rings is 1. The second-order valence-electron chi connectivity index (χ2n) is 7.32. The molecule has 0 unspecified atom stereocenters. The highest BCUT2D eigenvalue weighted by Gasteiger charge is 2.24. The molecule has 29 heavy (non-hydrogen) atoms. The van der Waals surface area contributed by atoms with E-state index in [9.17, 15) is 9.59 Å². The smallest absolute Gasteiger partial charge is 0.332 e. The monoisotopic (exact) mass is 426 g/mol. The fourth-order valence-corrected chi connectivity index (χ4v) is 5.62. The van der Waals surface area contributed by atoms with Gasteiger partial charge in [-0.15, -0.1) is 11.3 Å². The normalized spacial score (nSPS) is 13.7. The van der Waals surface area contributed by atoms with Crippen LogP contribution in [0.4, 0.5) is 0 Å². The Morgan fingerprint density at radius 1 is 1.00 bits per heavy atom. The predicted octanol–water partition coefficient (Wildman–Crippen LogP) is 4.45. The highest BCUT2D eigenvalue weighted by molar-refractivity contribution is 7.18. The zero-order valence-electron chi connectivity index (χ0n) is 15.7. The van der Waals surface area contributed by atoms with Crippen molar-refractivity contribution < 1.29 is 4.42 Å². The van der Waals surface area contributed by atoms with Crippen LogP contribution in [0.5, 0.6) is 0 Å². The van der Waals surface area contributed by atoms with E-state index in [1.54, 1.807) is 34.3 Å². The predicted molar refractivity (Wildman–Crippen MR) is 115 cm³/mol. The number of hydrogen-bond acceptors (Lipinski definition) is 4. The molecule has 0 aliphatic heterocycles.